The van der Waals surface area contributed by atoms with Crippen LogP contribution in [0.3, 0.4) is 0 Å². The summed E-state index contributed by atoms with van der Waals surface area (Å²) < 4.78 is 73.0. The van der Waals surface area contributed by atoms with Crippen LogP contribution in [0.1, 0.15) is 29.8 Å². The molecular formula is C21H18F5NO4. The normalized spacial score (nSPS) is 12.5. The SMILES string of the molecule is CCOC(=O)/C(=C/N(O)C(C)Cc1ccccc1)C(=O)c1c(F)c(F)c(F)c(F)c1F. The fraction of sp³-hybridized carbons (Fsp3) is 0.238. The molecule has 2 aromatic carbocycles. The van der Waals surface area contributed by atoms with E-state index < -0.39 is 58.0 Å². The number of Topliss-reactive ketones (excluding diaryl/α,β-unsaturated/α-hetero) is 1. The average molecular weight is 443 g/mol. The van der Waals surface area contributed by atoms with Crippen LogP contribution in [-0.4, -0.2) is 34.7 Å². The van der Waals surface area contributed by atoms with Crippen LogP contribution in [0.15, 0.2) is 42.1 Å². The van der Waals surface area contributed by atoms with Crippen molar-refractivity contribution in [2.24, 2.45) is 0 Å². The monoisotopic (exact) mass is 443 g/mol. The first-order valence-corrected chi connectivity index (χ1v) is 9.06. The number of halogens is 5. The molecular weight excluding hydrogens is 425 g/mol. The van der Waals surface area contributed by atoms with Crippen LogP contribution >= 0.6 is 0 Å². The second-order valence-electron chi connectivity index (χ2n) is 6.46. The highest BCUT2D eigenvalue weighted by molar-refractivity contribution is 6.24. The van der Waals surface area contributed by atoms with Gasteiger partial charge in [0, 0.05) is 6.20 Å². The van der Waals surface area contributed by atoms with Gasteiger partial charge in [-0.3, -0.25) is 15.1 Å². The molecule has 0 heterocycles. The molecule has 0 bridgehead atoms. The maximum Gasteiger partial charge on any atom is 0.343 e. The number of hydroxylamine groups is 2. The molecule has 1 unspecified atom stereocenters. The molecule has 0 aromatic heterocycles. The predicted molar refractivity (Wildman–Crippen MR) is 98.5 cm³/mol. The Bertz CT molecular complexity index is 982. The highest BCUT2D eigenvalue weighted by atomic mass is 19.2. The van der Waals surface area contributed by atoms with Gasteiger partial charge in [-0.1, -0.05) is 30.3 Å². The minimum Gasteiger partial charge on any atom is -0.462 e. The fourth-order valence-corrected chi connectivity index (χ4v) is 2.66. The van der Waals surface area contributed by atoms with E-state index in [0.29, 0.717) is 11.3 Å². The van der Waals surface area contributed by atoms with Crippen molar-refractivity contribution in [3.05, 3.63) is 82.3 Å². The lowest BCUT2D eigenvalue weighted by Crippen LogP contribution is -2.30. The van der Waals surface area contributed by atoms with Crippen LogP contribution in [0.25, 0.3) is 0 Å². The molecule has 0 saturated carbocycles. The van der Waals surface area contributed by atoms with Gasteiger partial charge in [0.15, 0.2) is 23.3 Å². The molecule has 31 heavy (non-hydrogen) atoms. The molecule has 0 saturated heterocycles. The minimum absolute atomic E-state index is 0.237. The Morgan fingerprint density at radius 3 is 2.03 bits per heavy atom. The number of benzene rings is 2. The molecule has 2 aromatic rings. The summed E-state index contributed by atoms with van der Waals surface area (Å²) in [5, 5.41) is 10.7. The Kier molecular flexibility index (Phi) is 7.87. The quantitative estimate of drug-likeness (QED) is 0.0757. The molecule has 0 spiro atoms. The third-order valence-corrected chi connectivity index (χ3v) is 4.26. The summed E-state index contributed by atoms with van der Waals surface area (Å²) in [6.45, 7) is 2.62. The zero-order valence-corrected chi connectivity index (χ0v) is 16.5. The van der Waals surface area contributed by atoms with Gasteiger partial charge in [0.1, 0.15) is 11.1 Å². The number of ether oxygens (including phenoxy) is 1. The van der Waals surface area contributed by atoms with E-state index in [4.69, 9.17) is 0 Å². The Balaban J connectivity index is 2.47. The number of ketones is 1. The number of rotatable bonds is 8. The molecule has 1 atom stereocenters. The van der Waals surface area contributed by atoms with Crippen molar-refractivity contribution in [1.29, 1.82) is 0 Å². The van der Waals surface area contributed by atoms with Gasteiger partial charge in [-0.2, -0.15) is 0 Å². The molecule has 0 aliphatic heterocycles. The van der Waals surface area contributed by atoms with Gasteiger partial charge in [0.25, 0.3) is 0 Å². The molecule has 1 N–H and O–H groups in total. The number of hydrogen-bond donors (Lipinski definition) is 1. The van der Waals surface area contributed by atoms with Crippen LogP contribution in [0, 0.1) is 29.1 Å². The number of hydrogen-bond acceptors (Lipinski definition) is 5. The maximum atomic E-state index is 14.0. The average Bonchev–Trinajstić information content (AvgIpc) is 2.75. The number of esters is 1. The van der Waals surface area contributed by atoms with E-state index in [1.165, 1.54) is 13.8 Å². The van der Waals surface area contributed by atoms with Crippen molar-refractivity contribution in [3.63, 3.8) is 0 Å². The lowest BCUT2D eigenvalue weighted by atomic mass is 10.0. The largest absolute Gasteiger partial charge is 0.462 e. The second-order valence-corrected chi connectivity index (χ2v) is 6.46. The van der Waals surface area contributed by atoms with Gasteiger partial charge in [0.05, 0.1) is 12.6 Å². The van der Waals surface area contributed by atoms with Crippen molar-refractivity contribution in [2.45, 2.75) is 26.3 Å². The first kappa shape index (κ1) is 24.0. The van der Waals surface area contributed by atoms with Gasteiger partial charge < -0.3 is 4.74 Å². The van der Waals surface area contributed by atoms with E-state index in [-0.39, 0.29) is 13.0 Å². The summed E-state index contributed by atoms with van der Waals surface area (Å²) in [5.41, 5.74) is -2.17. The summed E-state index contributed by atoms with van der Waals surface area (Å²) in [6, 6.07) is 8.02. The van der Waals surface area contributed by atoms with Crippen molar-refractivity contribution >= 4 is 11.8 Å². The van der Waals surface area contributed by atoms with Crippen molar-refractivity contribution < 1.29 is 41.5 Å². The van der Waals surface area contributed by atoms with Gasteiger partial charge >= 0.3 is 5.97 Å². The first-order chi connectivity index (χ1) is 14.6. The van der Waals surface area contributed by atoms with E-state index in [9.17, 15) is 36.7 Å². The van der Waals surface area contributed by atoms with Gasteiger partial charge in [0.2, 0.25) is 11.6 Å². The molecule has 0 aliphatic carbocycles. The predicted octanol–water partition coefficient (Wildman–Crippen LogP) is 4.33. The minimum atomic E-state index is -2.45. The van der Waals surface area contributed by atoms with E-state index in [2.05, 4.69) is 4.74 Å². The van der Waals surface area contributed by atoms with E-state index in [1.807, 2.05) is 0 Å². The number of carbonyl (C=O) groups excluding carboxylic acids is 2. The second kappa shape index (κ2) is 10.2. The van der Waals surface area contributed by atoms with Crippen LogP contribution in [0.5, 0.6) is 0 Å². The Morgan fingerprint density at radius 2 is 1.52 bits per heavy atom. The highest BCUT2D eigenvalue weighted by Crippen LogP contribution is 2.26. The Morgan fingerprint density at radius 1 is 1.00 bits per heavy atom. The van der Waals surface area contributed by atoms with E-state index in [0.717, 1.165) is 5.56 Å². The third-order valence-electron chi connectivity index (χ3n) is 4.26. The summed E-state index contributed by atoms with van der Waals surface area (Å²) in [6.07, 6.45) is 0.770. The molecule has 5 nitrogen and oxygen atoms in total. The summed E-state index contributed by atoms with van der Waals surface area (Å²) >= 11 is 0. The van der Waals surface area contributed by atoms with Gasteiger partial charge in [-0.15, -0.1) is 0 Å². The van der Waals surface area contributed by atoms with Crippen LogP contribution in [-0.2, 0) is 16.0 Å². The summed E-state index contributed by atoms with van der Waals surface area (Å²) in [5.74, 6) is -15.2. The molecule has 0 amide bonds. The van der Waals surface area contributed by atoms with Gasteiger partial charge in [-0.05, 0) is 25.8 Å². The molecule has 0 aliphatic rings. The highest BCUT2D eigenvalue weighted by Gasteiger charge is 2.34. The molecule has 0 fully saturated rings. The topological polar surface area (TPSA) is 66.8 Å². The van der Waals surface area contributed by atoms with Crippen molar-refractivity contribution in [1.82, 2.24) is 5.06 Å². The zero-order chi connectivity index (χ0) is 23.3. The lowest BCUT2D eigenvalue weighted by molar-refractivity contribution is -0.138. The zero-order valence-electron chi connectivity index (χ0n) is 16.5. The van der Waals surface area contributed by atoms with Gasteiger partial charge in [-0.25, -0.2) is 26.7 Å². The first-order valence-electron chi connectivity index (χ1n) is 9.06. The lowest BCUT2D eigenvalue weighted by Gasteiger charge is -2.22. The Hall–Kier alpha value is -3.27. The van der Waals surface area contributed by atoms with Crippen LogP contribution < -0.4 is 0 Å². The van der Waals surface area contributed by atoms with Crippen molar-refractivity contribution in [2.75, 3.05) is 6.61 Å². The van der Waals surface area contributed by atoms with Crippen molar-refractivity contribution in [3.8, 4) is 0 Å². The summed E-state index contributed by atoms with van der Waals surface area (Å²) in [4.78, 5) is 24.8. The third kappa shape index (κ3) is 5.26. The molecule has 0 radical (unpaired) electrons. The van der Waals surface area contributed by atoms with E-state index in [1.54, 1.807) is 30.3 Å². The molecule has 10 heteroatoms. The maximum absolute atomic E-state index is 14.0. The molecule has 2 rings (SSSR count). The molecule has 166 valence electrons. The van der Waals surface area contributed by atoms with Crippen LogP contribution in [0.4, 0.5) is 22.0 Å². The number of nitrogens with zero attached hydrogens (tertiary/aromatic N) is 1. The summed E-state index contributed by atoms with van der Waals surface area (Å²) in [7, 11) is 0. The fourth-order valence-electron chi connectivity index (χ4n) is 2.66. The van der Waals surface area contributed by atoms with E-state index >= 15 is 0 Å². The van der Waals surface area contributed by atoms with Crippen LogP contribution in [0.2, 0.25) is 0 Å². The standard InChI is InChI=1S/C21H18F5NO4/c1-3-31-21(29)13(10-27(30)11(2)9-12-7-5-4-6-8-12)20(28)14-15(22)17(24)19(26)18(25)16(14)23/h4-8,10-11,30H,3,9H2,1-2H3/b13-10+. The Labute approximate surface area is 174 Å². The number of carbonyl (C=O) groups is 2. The smallest absolute Gasteiger partial charge is 0.343 e.